The van der Waals surface area contributed by atoms with Gasteiger partial charge < -0.3 is 10.6 Å². The molecule has 0 aromatic carbocycles. The van der Waals surface area contributed by atoms with Crippen molar-refractivity contribution in [1.82, 2.24) is 15.5 Å². The first kappa shape index (κ1) is 17.0. The van der Waals surface area contributed by atoms with Crippen LogP contribution in [0.15, 0.2) is 12.7 Å². The largest absolute Gasteiger partial charge is 0.325 e. The summed E-state index contributed by atoms with van der Waals surface area (Å²) in [5.74, 6) is -0.0957. The average Bonchev–Trinajstić information content (AvgIpc) is 2.70. The fourth-order valence-electron chi connectivity index (χ4n) is 4.12. The molecule has 5 heteroatoms. The van der Waals surface area contributed by atoms with E-state index < -0.39 is 5.54 Å². The molecule has 0 aromatic rings. The second-order valence-electron chi connectivity index (χ2n) is 7.31. The third-order valence-corrected chi connectivity index (χ3v) is 5.98. The van der Waals surface area contributed by atoms with Crippen molar-refractivity contribution in [2.24, 2.45) is 5.92 Å². The predicted molar refractivity (Wildman–Crippen MR) is 87.5 cm³/mol. The Morgan fingerprint density at radius 2 is 1.95 bits per heavy atom. The number of rotatable bonds is 4. The van der Waals surface area contributed by atoms with Crippen molar-refractivity contribution in [2.45, 2.75) is 70.5 Å². The van der Waals surface area contributed by atoms with Gasteiger partial charge >= 0.3 is 6.03 Å². The summed E-state index contributed by atoms with van der Waals surface area (Å²) in [6.45, 7) is 14.5. The quantitative estimate of drug-likeness (QED) is 0.619. The molecule has 3 amide bonds. The van der Waals surface area contributed by atoms with Crippen LogP contribution in [0.4, 0.5) is 4.79 Å². The minimum Gasteiger partial charge on any atom is -0.323 e. The lowest BCUT2D eigenvalue weighted by molar-refractivity contribution is -0.138. The highest BCUT2D eigenvalue weighted by molar-refractivity contribution is 6.07. The SMILES string of the molecule is C=CCN1C(=O)NC2(CC(C)(CC)NC(C)(CC)C2C)C1=O. The van der Waals surface area contributed by atoms with Gasteiger partial charge in [0.2, 0.25) is 0 Å². The number of hydrogen-bond acceptors (Lipinski definition) is 3. The van der Waals surface area contributed by atoms with Crippen molar-refractivity contribution in [3.8, 4) is 0 Å². The molecule has 0 aromatic heterocycles. The molecule has 2 aliphatic heterocycles. The fourth-order valence-corrected chi connectivity index (χ4v) is 4.12. The molecule has 2 heterocycles. The summed E-state index contributed by atoms with van der Waals surface area (Å²) in [5, 5.41) is 6.78. The third kappa shape index (κ3) is 2.26. The number of hydrogen-bond donors (Lipinski definition) is 2. The molecule has 0 bridgehead atoms. The Kier molecular flexibility index (Phi) is 4.15. The normalized spacial score (nSPS) is 41.9. The van der Waals surface area contributed by atoms with Gasteiger partial charge in [-0.2, -0.15) is 0 Å². The summed E-state index contributed by atoms with van der Waals surface area (Å²) >= 11 is 0. The average molecular weight is 307 g/mol. The Labute approximate surface area is 133 Å². The van der Waals surface area contributed by atoms with Crippen molar-refractivity contribution in [3.63, 3.8) is 0 Å². The molecule has 4 atom stereocenters. The number of imide groups is 1. The first-order chi connectivity index (χ1) is 10.2. The second kappa shape index (κ2) is 5.37. The van der Waals surface area contributed by atoms with Crippen LogP contribution in [-0.2, 0) is 4.79 Å². The van der Waals surface area contributed by atoms with Gasteiger partial charge in [0.1, 0.15) is 5.54 Å². The summed E-state index contributed by atoms with van der Waals surface area (Å²) in [7, 11) is 0. The van der Waals surface area contributed by atoms with E-state index in [1.54, 1.807) is 6.08 Å². The highest BCUT2D eigenvalue weighted by atomic mass is 16.2. The number of carbonyl (C=O) groups excluding carboxylic acids is 2. The van der Waals surface area contributed by atoms with E-state index in [0.717, 1.165) is 12.8 Å². The van der Waals surface area contributed by atoms with Gasteiger partial charge in [-0.3, -0.25) is 9.69 Å². The molecule has 2 aliphatic rings. The van der Waals surface area contributed by atoms with E-state index in [4.69, 9.17) is 0 Å². The summed E-state index contributed by atoms with van der Waals surface area (Å²) in [5.41, 5.74) is -1.19. The zero-order valence-corrected chi connectivity index (χ0v) is 14.5. The Morgan fingerprint density at radius 1 is 1.32 bits per heavy atom. The van der Waals surface area contributed by atoms with Crippen LogP contribution in [0.1, 0.15) is 53.9 Å². The van der Waals surface area contributed by atoms with Gasteiger partial charge in [0.05, 0.1) is 0 Å². The molecular weight excluding hydrogens is 278 g/mol. The number of nitrogens with one attached hydrogen (secondary N) is 2. The summed E-state index contributed by atoms with van der Waals surface area (Å²) in [4.78, 5) is 26.7. The summed E-state index contributed by atoms with van der Waals surface area (Å²) in [6, 6.07) is -0.296. The number of carbonyl (C=O) groups is 2. The smallest absolute Gasteiger partial charge is 0.323 e. The molecule has 1 spiro atoms. The summed E-state index contributed by atoms with van der Waals surface area (Å²) < 4.78 is 0. The van der Waals surface area contributed by atoms with Crippen LogP contribution in [0.5, 0.6) is 0 Å². The first-order valence-corrected chi connectivity index (χ1v) is 8.22. The van der Waals surface area contributed by atoms with Crippen LogP contribution in [0.25, 0.3) is 0 Å². The number of amides is 3. The number of piperidine rings is 1. The monoisotopic (exact) mass is 307 g/mol. The van der Waals surface area contributed by atoms with Gasteiger partial charge in [-0.1, -0.05) is 26.8 Å². The molecule has 4 unspecified atom stereocenters. The van der Waals surface area contributed by atoms with Crippen LogP contribution in [0, 0.1) is 5.92 Å². The van der Waals surface area contributed by atoms with Gasteiger partial charge in [0.25, 0.3) is 5.91 Å². The molecule has 22 heavy (non-hydrogen) atoms. The molecule has 0 radical (unpaired) electrons. The zero-order valence-electron chi connectivity index (χ0n) is 14.5. The van der Waals surface area contributed by atoms with E-state index in [1.807, 2.05) is 0 Å². The van der Waals surface area contributed by atoms with E-state index in [0.29, 0.717) is 6.42 Å². The Balaban J connectivity index is 2.49. The number of urea groups is 1. The molecule has 0 saturated carbocycles. The van der Waals surface area contributed by atoms with Crippen LogP contribution < -0.4 is 10.6 Å². The van der Waals surface area contributed by atoms with Gasteiger partial charge in [-0.05, 0) is 33.1 Å². The van der Waals surface area contributed by atoms with Crippen LogP contribution in [0.2, 0.25) is 0 Å². The standard InChI is InChI=1S/C17H29N3O2/c1-7-10-20-13(21)17(18-14(20)22)11-15(5,8-2)19-16(6,9-3)12(17)4/h7,12,19H,1,8-11H2,2-6H3,(H,18,22). The minimum absolute atomic E-state index is 0.0101. The Morgan fingerprint density at radius 3 is 2.45 bits per heavy atom. The highest BCUT2D eigenvalue weighted by Gasteiger charge is 2.63. The van der Waals surface area contributed by atoms with Crippen LogP contribution >= 0.6 is 0 Å². The maximum absolute atomic E-state index is 13.1. The minimum atomic E-state index is -0.819. The van der Waals surface area contributed by atoms with Gasteiger partial charge in [-0.25, -0.2) is 4.79 Å². The molecule has 2 fully saturated rings. The molecular formula is C17H29N3O2. The molecule has 5 nitrogen and oxygen atoms in total. The lowest BCUT2D eigenvalue weighted by atomic mass is 9.61. The molecule has 2 rings (SSSR count). The Bertz CT molecular complexity index is 506. The third-order valence-electron chi connectivity index (χ3n) is 5.98. The highest BCUT2D eigenvalue weighted by Crippen LogP contribution is 2.46. The van der Waals surface area contributed by atoms with Crippen molar-refractivity contribution in [1.29, 1.82) is 0 Å². The van der Waals surface area contributed by atoms with Crippen molar-refractivity contribution in [3.05, 3.63) is 12.7 Å². The summed E-state index contributed by atoms with van der Waals surface area (Å²) in [6.07, 6.45) is 4.02. The second-order valence-corrected chi connectivity index (χ2v) is 7.31. The van der Waals surface area contributed by atoms with E-state index in [-0.39, 0.29) is 35.5 Å². The van der Waals surface area contributed by atoms with Gasteiger partial charge in [-0.15, -0.1) is 6.58 Å². The predicted octanol–water partition coefficient (Wildman–Crippen LogP) is 2.43. The van der Waals surface area contributed by atoms with E-state index in [9.17, 15) is 9.59 Å². The zero-order chi connectivity index (χ0) is 16.8. The topological polar surface area (TPSA) is 61.4 Å². The maximum Gasteiger partial charge on any atom is 0.325 e. The lowest BCUT2D eigenvalue weighted by Crippen LogP contribution is -2.74. The van der Waals surface area contributed by atoms with Crippen molar-refractivity contribution in [2.75, 3.05) is 6.54 Å². The van der Waals surface area contributed by atoms with Crippen LogP contribution in [0.3, 0.4) is 0 Å². The maximum atomic E-state index is 13.1. The van der Waals surface area contributed by atoms with Crippen molar-refractivity contribution >= 4 is 11.9 Å². The van der Waals surface area contributed by atoms with Crippen LogP contribution in [-0.4, -0.2) is 40.0 Å². The molecule has 2 N–H and O–H groups in total. The van der Waals surface area contributed by atoms with E-state index in [2.05, 4.69) is 51.8 Å². The lowest BCUT2D eigenvalue weighted by Gasteiger charge is -2.56. The van der Waals surface area contributed by atoms with E-state index >= 15 is 0 Å². The molecule has 0 aliphatic carbocycles. The number of nitrogens with zero attached hydrogens (tertiary/aromatic N) is 1. The molecule has 2 saturated heterocycles. The Hall–Kier alpha value is -1.36. The van der Waals surface area contributed by atoms with E-state index in [1.165, 1.54) is 4.90 Å². The van der Waals surface area contributed by atoms with Crippen molar-refractivity contribution < 1.29 is 9.59 Å². The van der Waals surface area contributed by atoms with Gasteiger partial charge in [0.15, 0.2) is 0 Å². The first-order valence-electron chi connectivity index (χ1n) is 8.22. The van der Waals surface area contributed by atoms with Gasteiger partial charge in [0, 0.05) is 23.5 Å². The molecule has 124 valence electrons. The fraction of sp³-hybridized carbons (Fsp3) is 0.765.